The number of carbonyl (C=O) groups is 1. The zero-order valence-electron chi connectivity index (χ0n) is 12.2. The van der Waals surface area contributed by atoms with Gasteiger partial charge in [-0.1, -0.05) is 0 Å². The fourth-order valence-corrected chi connectivity index (χ4v) is 2.47. The maximum Gasteiger partial charge on any atom is 0.294 e. The molecule has 1 aromatic carbocycles. The van der Waals surface area contributed by atoms with E-state index < -0.39 is 4.92 Å². The number of halogens is 1. The van der Waals surface area contributed by atoms with Gasteiger partial charge in [0.2, 0.25) is 0 Å². The Kier molecular flexibility index (Phi) is 5.30. The number of aromatic nitrogens is 2. The minimum atomic E-state index is -0.482. The number of imidazole rings is 1. The van der Waals surface area contributed by atoms with Crippen LogP contribution in [0.3, 0.4) is 0 Å². The van der Waals surface area contributed by atoms with Crippen molar-refractivity contribution in [2.45, 2.75) is 0 Å². The number of hydrogen-bond donors (Lipinski definition) is 1. The highest BCUT2D eigenvalue weighted by atomic mass is 35.5. The molecule has 1 aliphatic heterocycles. The average Bonchev–Trinajstić information content (AvgIpc) is 3.08. The molecule has 0 unspecified atom stereocenters. The van der Waals surface area contributed by atoms with Crippen LogP contribution in [0.15, 0.2) is 36.9 Å². The summed E-state index contributed by atoms with van der Waals surface area (Å²) in [6.07, 6.45) is 4.66. The highest BCUT2D eigenvalue weighted by molar-refractivity contribution is 5.95. The van der Waals surface area contributed by atoms with E-state index in [-0.39, 0.29) is 24.0 Å². The third-order valence-corrected chi connectivity index (χ3v) is 3.61. The Labute approximate surface area is 138 Å². The van der Waals surface area contributed by atoms with Crippen molar-refractivity contribution in [3.05, 3.63) is 52.6 Å². The smallest absolute Gasteiger partial charge is 0.294 e. The second-order valence-corrected chi connectivity index (χ2v) is 4.97. The number of nitro groups is 1. The van der Waals surface area contributed by atoms with Gasteiger partial charge >= 0.3 is 0 Å². The molecule has 3 rings (SSSR count). The lowest BCUT2D eigenvalue weighted by atomic mass is 10.1. The maximum absolute atomic E-state index is 12.4. The molecule has 0 spiro atoms. The van der Waals surface area contributed by atoms with E-state index in [4.69, 9.17) is 0 Å². The molecule has 0 saturated carbocycles. The lowest BCUT2D eigenvalue weighted by molar-refractivity contribution is -0.384. The van der Waals surface area contributed by atoms with Crippen molar-refractivity contribution in [3.8, 4) is 5.69 Å². The quantitative estimate of drug-likeness (QED) is 0.672. The Morgan fingerprint density at radius 2 is 2.04 bits per heavy atom. The second kappa shape index (κ2) is 7.21. The third-order valence-electron chi connectivity index (χ3n) is 3.61. The first-order chi connectivity index (χ1) is 10.7. The van der Waals surface area contributed by atoms with E-state index in [1.54, 1.807) is 34.0 Å². The molecule has 0 bridgehead atoms. The van der Waals surface area contributed by atoms with Crippen LogP contribution in [0.25, 0.3) is 5.69 Å². The maximum atomic E-state index is 12.4. The predicted octanol–water partition coefficient (Wildman–Crippen LogP) is 1.25. The number of rotatable bonds is 3. The third kappa shape index (κ3) is 3.49. The minimum absolute atomic E-state index is 0. The Balaban J connectivity index is 0.00000192. The highest BCUT2D eigenvalue weighted by Crippen LogP contribution is 2.24. The van der Waals surface area contributed by atoms with E-state index in [9.17, 15) is 14.9 Å². The highest BCUT2D eigenvalue weighted by Gasteiger charge is 2.22. The van der Waals surface area contributed by atoms with E-state index >= 15 is 0 Å². The van der Waals surface area contributed by atoms with Gasteiger partial charge in [-0.2, -0.15) is 0 Å². The minimum Gasteiger partial charge on any atom is -0.336 e. The topological polar surface area (TPSA) is 93.3 Å². The van der Waals surface area contributed by atoms with Crippen LogP contribution in [0.1, 0.15) is 10.4 Å². The van der Waals surface area contributed by atoms with E-state index in [1.165, 1.54) is 12.4 Å². The summed E-state index contributed by atoms with van der Waals surface area (Å²) in [6, 6.07) is 4.53. The summed E-state index contributed by atoms with van der Waals surface area (Å²) in [5.41, 5.74) is 0.607. The van der Waals surface area contributed by atoms with Crippen molar-refractivity contribution in [1.29, 1.82) is 0 Å². The van der Waals surface area contributed by atoms with Crippen LogP contribution in [0.2, 0.25) is 0 Å². The van der Waals surface area contributed by atoms with Gasteiger partial charge in [0.15, 0.2) is 0 Å². The molecule has 9 heteroatoms. The fourth-order valence-electron chi connectivity index (χ4n) is 2.47. The summed E-state index contributed by atoms with van der Waals surface area (Å²) < 4.78 is 1.55. The Bertz CT molecular complexity index is 698. The second-order valence-electron chi connectivity index (χ2n) is 4.97. The van der Waals surface area contributed by atoms with Crippen LogP contribution >= 0.6 is 12.4 Å². The SMILES string of the molecule is Cl.O=C(c1ccc(-n2ccnc2)c([N+](=O)[O-])c1)N1CCNCC1. The number of nitrogens with zero attached hydrogens (tertiary/aromatic N) is 4. The standard InChI is InChI=1S/C14H15N5O3.ClH/c20-14(17-6-3-15-4-7-17)11-1-2-12(13(9-11)19(21)22)18-8-5-16-10-18;/h1-2,5,8-10,15H,3-4,6-7H2;1H. The summed E-state index contributed by atoms with van der Waals surface area (Å²) in [6.45, 7) is 2.69. The van der Waals surface area contributed by atoms with Gasteiger partial charge in [-0.15, -0.1) is 12.4 Å². The molecular weight excluding hydrogens is 322 g/mol. The van der Waals surface area contributed by atoms with Crippen molar-refractivity contribution >= 4 is 24.0 Å². The molecule has 1 saturated heterocycles. The number of carbonyl (C=O) groups excluding carboxylic acids is 1. The molecule has 0 atom stereocenters. The molecule has 1 amide bonds. The number of hydrogen-bond acceptors (Lipinski definition) is 5. The first-order valence-electron chi connectivity index (χ1n) is 6.93. The van der Waals surface area contributed by atoms with Gasteiger partial charge in [0.05, 0.1) is 11.3 Å². The van der Waals surface area contributed by atoms with Crippen molar-refractivity contribution in [1.82, 2.24) is 19.8 Å². The number of amides is 1. The van der Waals surface area contributed by atoms with Crippen molar-refractivity contribution in [3.63, 3.8) is 0 Å². The van der Waals surface area contributed by atoms with Gasteiger partial charge < -0.3 is 14.8 Å². The zero-order chi connectivity index (χ0) is 15.5. The Morgan fingerprint density at radius 1 is 1.30 bits per heavy atom. The summed E-state index contributed by atoms with van der Waals surface area (Å²) in [7, 11) is 0. The molecule has 2 aromatic rings. The van der Waals surface area contributed by atoms with Crippen LogP contribution in [-0.4, -0.2) is 51.5 Å². The average molecular weight is 338 g/mol. The van der Waals surface area contributed by atoms with Gasteiger partial charge in [-0.3, -0.25) is 14.9 Å². The molecule has 1 aliphatic rings. The summed E-state index contributed by atoms with van der Waals surface area (Å²) in [5, 5.41) is 14.5. The monoisotopic (exact) mass is 337 g/mol. The predicted molar refractivity (Wildman–Crippen MR) is 86.2 cm³/mol. The first kappa shape index (κ1) is 16.9. The largest absolute Gasteiger partial charge is 0.336 e. The van der Waals surface area contributed by atoms with E-state index in [2.05, 4.69) is 10.3 Å². The molecule has 1 fully saturated rings. The number of nitro benzene ring substituents is 1. The fraction of sp³-hybridized carbons (Fsp3) is 0.286. The molecule has 8 nitrogen and oxygen atoms in total. The summed E-state index contributed by atoms with van der Waals surface area (Å²) >= 11 is 0. The zero-order valence-corrected chi connectivity index (χ0v) is 13.0. The van der Waals surface area contributed by atoms with Crippen molar-refractivity contribution < 1.29 is 9.72 Å². The first-order valence-corrected chi connectivity index (χ1v) is 6.93. The Morgan fingerprint density at radius 3 is 2.65 bits per heavy atom. The molecule has 122 valence electrons. The molecule has 2 heterocycles. The molecule has 0 radical (unpaired) electrons. The lowest BCUT2D eigenvalue weighted by Gasteiger charge is -2.27. The van der Waals surface area contributed by atoms with Crippen LogP contribution in [0.4, 0.5) is 5.69 Å². The van der Waals surface area contributed by atoms with Crippen molar-refractivity contribution in [2.75, 3.05) is 26.2 Å². The number of piperazine rings is 1. The summed E-state index contributed by atoms with van der Waals surface area (Å²) in [5.74, 6) is -0.179. The molecular formula is C14H16ClN5O3. The van der Waals surface area contributed by atoms with Crippen LogP contribution in [-0.2, 0) is 0 Å². The van der Waals surface area contributed by atoms with Crippen LogP contribution < -0.4 is 5.32 Å². The van der Waals surface area contributed by atoms with Gasteiger partial charge in [0, 0.05) is 50.2 Å². The summed E-state index contributed by atoms with van der Waals surface area (Å²) in [4.78, 5) is 28.8. The molecule has 0 aliphatic carbocycles. The van der Waals surface area contributed by atoms with Gasteiger partial charge in [-0.25, -0.2) is 4.98 Å². The van der Waals surface area contributed by atoms with Gasteiger partial charge in [-0.05, 0) is 12.1 Å². The number of benzene rings is 1. The van der Waals surface area contributed by atoms with Crippen LogP contribution in [0.5, 0.6) is 0 Å². The van der Waals surface area contributed by atoms with E-state index in [1.807, 2.05) is 0 Å². The lowest BCUT2D eigenvalue weighted by Crippen LogP contribution is -2.46. The molecule has 1 aromatic heterocycles. The van der Waals surface area contributed by atoms with Gasteiger partial charge in [0.25, 0.3) is 11.6 Å². The van der Waals surface area contributed by atoms with E-state index in [0.717, 1.165) is 13.1 Å². The van der Waals surface area contributed by atoms with Crippen molar-refractivity contribution in [2.24, 2.45) is 0 Å². The van der Waals surface area contributed by atoms with Crippen LogP contribution in [0, 0.1) is 10.1 Å². The number of nitrogens with one attached hydrogen (secondary N) is 1. The normalized spacial score (nSPS) is 14.2. The molecule has 23 heavy (non-hydrogen) atoms. The van der Waals surface area contributed by atoms with Gasteiger partial charge in [0.1, 0.15) is 5.69 Å². The molecule has 1 N–H and O–H groups in total. The Hall–Kier alpha value is -2.45. The van der Waals surface area contributed by atoms with E-state index in [0.29, 0.717) is 24.3 Å².